The Hall–Kier alpha value is -3.02. The summed E-state index contributed by atoms with van der Waals surface area (Å²) in [4.78, 5) is 11.4. The Balaban J connectivity index is 2.11. The summed E-state index contributed by atoms with van der Waals surface area (Å²) >= 11 is 0. The molecule has 2 aromatic carbocycles. The van der Waals surface area contributed by atoms with Crippen molar-refractivity contribution >= 4 is 5.97 Å². The highest BCUT2D eigenvalue weighted by Crippen LogP contribution is 2.24. The SMILES string of the molecule is Cc1cccc(-c2c(C(=O)O)nnn2Cc2ccccc2F)c1. The number of aromatic carboxylic acids is 1. The summed E-state index contributed by atoms with van der Waals surface area (Å²) in [5.74, 6) is -1.53. The van der Waals surface area contributed by atoms with E-state index in [1.165, 1.54) is 10.7 Å². The molecule has 0 aliphatic carbocycles. The van der Waals surface area contributed by atoms with Gasteiger partial charge in [-0.1, -0.05) is 47.2 Å². The molecule has 3 rings (SSSR count). The maximum Gasteiger partial charge on any atom is 0.358 e. The fourth-order valence-corrected chi connectivity index (χ4v) is 2.43. The van der Waals surface area contributed by atoms with Gasteiger partial charge in [0, 0.05) is 11.1 Å². The average molecular weight is 311 g/mol. The van der Waals surface area contributed by atoms with Gasteiger partial charge in [0.05, 0.1) is 6.54 Å². The first-order valence-electron chi connectivity index (χ1n) is 7.03. The molecule has 23 heavy (non-hydrogen) atoms. The minimum atomic E-state index is -1.17. The van der Waals surface area contributed by atoms with E-state index >= 15 is 0 Å². The fraction of sp³-hybridized carbons (Fsp3) is 0.118. The van der Waals surface area contributed by atoms with Gasteiger partial charge in [0.2, 0.25) is 0 Å². The molecule has 0 aliphatic heterocycles. The predicted octanol–water partition coefficient (Wildman–Crippen LogP) is 3.14. The molecule has 0 spiro atoms. The molecule has 0 unspecified atom stereocenters. The maximum absolute atomic E-state index is 13.9. The quantitative estimate of drug-likeness (QED) is 0.803. The van der Waals surface area contributed by atoms with Gasteiger partial charge in [0.1, 0.15) is 11.5 Å². The number of hydrogen-bond acceptors (Lipinski definition) is 3. The molecule has 0 saturated carbocycles. The van der Waals surface area contributed by atoms with E-state index in [2.05, 4.69) is 10.3 Å². The van der Waals surface area contributed by atoms with Crippen LogP contribution in [0.15, 0.2) is 48.5 Å². The molecule has 1 heterocycles. The average Bonchev–Trinajstić information content (AvgIpc) is 2.93. The van der Waals surface area contributed by atoms with E-state index in [4.69, 9.17) is 0 Å². The molecule has 0 amide bonds. The van der Waals surface area contributed by atoms with Crippen molar-refractivity contribution < 1.29 is 14.3 Å². The first-order chi connectivity index (χ1) is 11.1. The molecule has 0 saturated heterocycles. The molecule has 0 atom stereocenters. The van der Waals surface area contributed by atoms with Crippen LogP contribution >= 0.6 is 0 Å². The Morgan fingerprint density at radius 2 is 2.00 bits per heavy atom. The van der Waals surface area contributed by atoms with Crippen molar-refractivity contribution in [3.05, 3.63) is 71.2 Å². The summed E-state index contributed by atoms with van der Waals surface area (Å²) < 4.78 is 15.3. The summed E-state index contributed by atoms with van der Waals surface area (Å²) in [5, 5.41) is 17.0. The number of nitrogens with zero attached hydrogens (tertiary/aromatic N) is 3. The summed E-state index contributed by atoms with van der Waals surface area (Å²) in [6.07, 6.45) is 0. The number of aromatic nitrogens is 3. The summed E-state index contributed by atoms with van der Waals surface area (Å²) in [6, 6.07) is 13.7. The molecule has 1 N–H and O–H groups in total. The van der Waals surface area contributed by atoms with Crippen LogP contribution in [0.3, 0.4) is 0 Å². The number of carboxylic acids is 1. The second-order valence-electron chi connectivity index (χ2n) is 5.21. The zero-order valence-corrected chi connectivity index (χ0v) is 12.4. The van der Waals surface area contributed by atoms with Gasteiger partial charge in [-0.2, -0.15) is 0 Å². The third-order valence-electron chi connectivity index (χ3n) is 3.51. The smallest absolute Gasteiger partial charge is 0.358 e. The zero-order chi connectivity index (χ0) is 16.4. The third-order valence-corrected chi connectivity index (χ3v) is 3.51. The Kier molecular flexibility index (Phi) is 3.89. The highest BCUT2D eigenvalue weighted by Gasteiger charge is 2.21. The van der Waals surface area contributed by atoms with Crippen LogP contribution in [-0.2, 0) is 6.54 Å². The second kappa shape index (κ2) is 6.00. The number of carboxylic acid groups (broad SMARTS) is 1. The molecule has 0 fully saturated rings. The minimum Gasteiger partial charge on any atom is -0.476 e. The second-order valence-corrected chi connectivity index (χ2v) is 5.21. The highest BCUT2D eigenvalue weighted by molar-refractivity contribution is 5.92. The molecule has 1 aromatic heterocycles. The van der Waals surface area contributed by atoms with Crippen LogP contribution in [0, 0.1) is 12.7 Å². The van der Waals surface area contributed by atoms with Crippen molar-refractivity contribution in [2.24, 2.45) is 0 Å². The van der Waals surface area contributed by atoms with Gasteiger partial charge in [-0.15, -0.1) is 5.10 Å². The summed E-state index contributed by atoms with van der Waals surface area (Å²) in [7, 11) is 0. The van der Waals surface area contributed by atoms with Gasteiger partial charge in [-0.3, -0.25) is 0 Å². The lowest BCUT2D eigenvalue weighted by atomic mass is 10.1. The normalized spacial score (nSPS) is 10.7. The summed E-state index contributed by atoms with van der Waals surface area (Å²) in [5.41, 5.74) is 2.31. The van der Waals surface area contributed by atoms with Crippen LogP contribution in [0.4, 0.5) is 4.39 Å². The minimum absolute atomic E-state index is 0.107. The van der Waals surface area contributed by atoms with Crippen molar-refractivity contribution in [2.75, 3.05) is 0 Å². The van der Waals surface area contributed by atoms with Crippen LogP contribution in [0.5, 0.6) is 0 Å². The highest BCUT2D eigenvalue weighted by atomic mass is 19.1. The number of aryl methyl sites for hydroxylation is 1. The molecular weight excluding hydrogens is 297 g/mol. The fourth-order valence-electron chi connectivity index (χ4n) is 2.43. The van der Waals surface area contributed by atoms with Gasteiger partial charge in [-0.05, 0) is 19.1 Å². The van der Waals surface area contributed by atoms with E-state index in [0.29, 0.717) is 16.8 Å². The first-order valence-corrected chi connectivity index (χ1v) is 7.03. The Morgan fingerprint density at radius 3 is 2.70 bits per heavy atom. The standard InChI is InChI=1S/C17H14FN3O2/c1-11-5-4-7-12(9-11)16-15(17(22)23)19-20-21(16)10-13-6-2-3-8-14(13)18/h2-9H,10H2,1H3,(H,22,23). The number of halogens is 1. The van der Waals surface area contributed by atoms with E-state index < -0.39 is 5.97 Å². The third kappa shape index (κ3) is 2.96. The van der Waals surface area contributed by atoms with Crippen LogP contribution in [0.25, 0.3) is 11.3 Å². The Labute approximate surface area is 132 Å². The monoisotopic (exact) mass is 311 g/mol. The van der Waals surface area contributed by atoms with Crippen LogP contribution < -0.4 is 0 Å². The van der Waals surface area contributed by atoms with Gasteiger partial charge in [-0.25, -0.2) is 13.9 Å². The Morgan fingerprint density at radius 1 is 1.22 bits per heavy atom. The number of carbonyl (C=O) groups is 1. The summed E-state index contributed by atoms with van der Waals surface area (Å²) in [6.45, 7) is 2.02. The lowest BCUT2D eigenvalue weighted by Gasteiger charge is -2.09. The first kappa shape index (κ1) is 14.9. The maximum atomic E-state index is 13.9. The van der Waals surface area contributed by atoms with E-state index in [1.807, 2.05) is 25.1 Å². The molecule has 0 aliphatic rings. The molecule has 5 nitrogen and oxygen atoms in total. The van der Waals surface area contributed by atoms with Crippen molar-refractivity contribution in [1.29, 1.82) is 0 Å². The molecule has 116 valence electrons. The van der Waals surface area contributed by atoms with Crippen molar-refractivity contribution in [2.45, 2.75) is 13.5 Å². The van der Waals surface area contributed by atoms with Crippen molar-refractivity contribution in [3.63, 3.8) is 0 Å². The molecule has 3 aromatic rings. The van der Waals surface area contributed by atoms with Crippen molar-refractivity contribution in [3.8, 4) is 11.3 Å². The van der Waals surface area contributed by atoms with Crippen LogP contribution in [0.1, 0.15) is 21.6 Å². The predicted molar refractivity (Wildman–Crippen MR) is 82.7 cm³/mol. The zero-order valence-electron chi connectivity index (χ0n) is 12.4. The topological polar surface area (TPSA) is 68.0 Å². The molecule has 0 bridgehead atoms. The van der Waals surface area contributed by atoms with E-state index in [0.717, 1.165) is 5.56 Å². The van der Waals surface area contributed by atoms with Crippen LogP contribution in [-0.4, -0.2) is 26.1 Å². The van der Waals surface area contributed by atoms with Crippen molar-refractivity contribution in [1.82, 2.24) is 15.0 Å². The van der Waals surface area contributed by atoms with Gasteiger partial charge in [0.15, 0.2) is 5.69 Å². The lowest BCUT2D eigenvalue weighted by Crippen LogP contribution is -2.07. The largest absolute Gasteiger partial charge is 0.476 e. The van der Waals surface area contributed by atoms with Gasteiger partial charge < -0.3 is 5.11 Å². The van der Waals surface area contributed by atoms with E-state index in [9.17, 15) is 14.3 Å². The number of rotatable bonds is 4. The van der Waals surface area contributed by atoms with E-state index in [1.54, 1.807) is 24.3 Å². The van der Waals surface area contributed by atoms with Gasteiger partial charge >= 0.3 is 5.97 Å². The lowest BCUT2D eigenvalue weighted by molar-refractivity contribution is 0.0691. The number of benzene rings is 2. The van der Waals surface area contributed by atoms with Crippen LogP contribution in [0.2, 0.25) is 0 Å². The van der Waals surface area contributed by atoms with Gasteiger partial charge in [0.25, 0.3) is 0 Å². The number of hydrogen-bond donors (Lipinski definition) is 1. The molecule has 6 heteroatoms. The Bertz CT molecular complexity index is 874. The van der Waals surface area contributed by atoms with E-state index in [-0.39, 0.29) is 18.1 Å². The molecule has 0 radical (unpaired) electrons. The molecular formula is C17H14FN3O2.